The Morgan fingerprint density at radius 2 is 1.75 bits per heavy atom. The molecule has 32 heavy (non-hydrogen) atoms. The number of aryl methyl sites for hydroxylation is 1. The van der Waals surface area contributed by atoms with E-state index in [0.29, 0.717) is 19.0 Å². The molecule has 7 nitrogen and oxygen atoms in total. The van der Waals surface area contributed by atoms with E-state index in [9.17, 15) is 0 Å². The summed E-state index contributed by atoms with van der Waals surface area (Å²) >= 11 is 0. The van der Waals surface area contributed by atoms with Gasteiger partial charge in [-0.15, -0.1) is 10.2 Å². The molecule has 7 heteroatoms. The second-order valence-corrected chi connectivity index (χ2v) is 8.37. The number of guanidine groups is 1. The first-order valence-corrected chi connectivity index (χ1v) is 11.1. The molecule has 170 valence electrons. The fraction of sp³-hybridized carbons (Fsp3) is 0.400. The van der Waals surface area contributed by atoms with E-state index in [2.05, 4.69) is 65.9 Å². The van der Waals surface area contributed by atoms with Crippen LogP contribution < -0.4 is 15.4 Å². The van der Waals surface area contributed by atoms with Crippen LogP contribution in [0.3, 0.4) is 0 Å². The van der Waals surface area contributed by atoms with Gasteiger partial charge in [0.1, 0.15) is 11.6 Å². The molecule has 0 fully saturated rings. The van der Waals surface area contributed by atoms with Crippen LogP contribution in [0, 0.1) is 12.8 Å². The molecular weight excluding hydrogens is 400 g/mol. The van der Waals surface area contributed by atoms with Crippen molar-refractivity contribution in [3.63, 3.8) is 0 Å². The first kappa shape index (κ1) is 23.3. The Morgan fingerprint density at radius 1 is 1.03 bits per heavy atom. The third kappa shape index (κ3) is 6.83. The molecule has 3 rings (SSSR count). The van der Waals surface area contributed by atoms with E-state index in [1.807, 2.05) is 48.9 Å². The summed E-state index contributed by atoms with van der Waals surface area (Å²) < 4.78 is 7.77. The van der Waals surface area contributed by atoms with Crippen molar-refractivity contribution < 1.29 is 4.74 Å². The van der Waals surface area contributed by atoms with Gasteiger partial charge in [-0.25, -0.2) is 4.99 Å². The quantitative estimate of drug-likeness (QED) is 0.391. The van der Waals surface area contributed by atoms with Gasteiger partial charge in [0.05, 0.1) is 25.7 Å². The molecule has 0 radical (unpaired) electrons. The molecule has 0 saturated carbocycles. The Morgan fingerprint density at radius 3 is 2.38 bits per heavy atom. The predicted molar refractivity (Wildman–Crippen MR) is 128 cm³/mol. The molecule has 2 aromatic carbocycles. The number of rotatable bonds is 9. The first-order valence-electron chi connectivity index (χ1n) is 11.1. The Hall–Kier alpha value is -3.35. The maximum absolute atomic E-state index is 5.80. The van der Waals surface area contributed by atoms with Crippen LogP contribution in [0.15, 0.2) is 59.6 Å². The van der Waals surface area contributed by atoms with Crippen LogP contribution in [-0.2, 0) is 20.1 Å². The van der Waals surface area contributed by atoms with Crippen molar-refractivity contribution in [2.75, 3.05) is 6.61 Å². The van der Waals surface area contributed by atoms with Crippen LogP contribution in [0.5, 0.6) is 5.75 Å². The number of hydrogen-bond acceptors (Lipinski definition) is 4. The lowest BCUT2D eigenvalue weighted by atomic mass is 10.1. The lowest BCUT2D eigenvalue weighted by Crippen LogP contribution is -2.39. The second-order valence-electron chi connectivity index (χ2n) is 8.37. The average Bonchev–Trinajstić information content (AvgIpc) is 3.12. The molecule has 3 aromatic rings. The second kappa shape index (κ2) is 11.3. The van der Waals surface area contributed by atoms with Crippen LogP contribution in [0.4, 0.5) is 0 Å². The minimum Gasteiger partial charge on any atom is -0.493 e. The van der Waals surface area contributed by atoms with Gasteiger partial charge < -0.3 is 19.9 Å². The van der Waals surface area contributed by atoms with E-state index in [0.717, 1.165) is 41.1 Å². The van der Waals surface area contributed by atoms with Gasteiger partial charge in [0.15, 0.2) is 11.8 Å². The van der Waals surface area contributed by atoms with Gasteiger partial charge in [-0.2, -0.15) is 0 Å². The van der Waals surface area contributed by atoms with Crippen LogP contribution in [0.25, 0.3) is 0 Å². The smallest absolute Gasteiger partial charge is 0.192 e. The summed E-state index contributed by atoms with van der Waals surface area (Å²) in [4.78, 5) is 4.79. The molecule has 0 aliphatic heterocycles. The van der Waals surface area contributed by atoms with Crippen molar-refractivity contribution in [2.24, 2.45) is 18.0 Å². The first-order chi connectivity index (χ1) is 15.4. The fourth-order valence-corrected chi connectivity index (χ4v) is 3.08. The van der Waals surface area contributed by atoms with Crippen LogP contribution in [-0.4, -0.2) is 27.3 Å². The summed E-state index contributed by atoms with van der Waals surface area (Å²) in [6, 6.07) is 18.5. The third-order valence-electron chi connectivity index (χ3n) is 5.18. The van der Waals surface area contributed by atoms with Crippen molar-refractivity contribution in [1.29, 1.82) is 0 Å². The van der Waals surface area contributed by atoms with Gasteiger partial charge in [0.25, 0.3) is 0 Å². The van der Waals surface area contributed by atoms with Gasteiger partial charge in [0.2, 0.25) is 0 Å². The van der Waals surface area contributed by atoms with Gasteiger partial charge in [0, 0.05) is 7.05 Å². The molecule has 0 aliphatic rings. The third-order valence-corrected chi connectivity index (χ3v) is 5.18. The molecule has 2 N–H and O–H groups in total. The summed E-state index contributed by atoms with van der Waals surface area (Å²) in [5.74, 6) is 3.86. The van der Waals surface area contributed by atoms with Crippen molar-refractivity contribution in [2.45, 2.75) is 46.8 Å². The number of nitrogens with zero attached hydrogens (tertiary/aromatic N) is 4. The predicted octanol–water partition coefficient (Wildman–Crippen LogP) is 4.15. The van der Waals surface area contributed by atoms with E-state index >= 15 is 0 Å². The van der Waals surface area contributed by atoms with Crippen LogP contribution >= 0.6 is 0 Å². The lowest BCUT2D eigenvalue weighted by molar-refractivity contribution is 0.271. The summed E-state index contributed by atoms with van der Waals surface area (Å²) in [6.07, 6.45) is 0. The number of aromatic nitrogens is 3. The number of nitrogens with one attached hydrogen (secondary N) is 2. The highest BCUT2D eigenvalue weighted by atomic mass is 16.5. The summed E-state index contributed by atoms with van der Waals surface area (Å²) in [5, 5.41) is 15.3. The molecule has 1 atom stereocenters. The standard InChI is InChI=1S/C25H34N6O/c1-18(2)17-32-23-13-11-22(12-14-23)19(3)28-25(26-15-21-9-7-6-8-10-21)27-16-24-30-29-20(4)31(24)5/h6-14,18-19H,15-17H2,1-5H3,(H2,26,27,28). The Bertz CT molecular complexity index is 995. The molecule has 0 saturated heterocycles. The van der Waals surface area contributed by atoms with E-state index in [-0.39, 0.29) is 6.04 Å². The number of ether oxygens (including phenoxy) is 1. The number of benzene rings is 2. The van der Waals surface area contributed by atoms with Crippen LogP contribution in [0.1, 0.15) is 49.6 Å². The SMILES string of the molecule is Cc1nnc(CNC(=NCc2ccccc2)NC(C)c2ccc(OCC(C)C)cc2)n1C. The fourth-order valence-electron chi connectivity index (χ4n) is 3.08. The van der Waals surface area contributed by atoms with Crippen molar-refractivity contribution in [1.82, 2.24) is 25.4 Å². The minimum atomic E-state index is 0.0670. The van der Waals surface area contributed by atoms with E-state index in [4.69, 9.17) is 9.73 Å². The van der Waals surface area contributed by atoms with E-state index in [1.54, 1.807) is 0 Å². The zero-order chi connectivity index (χ0) is 22.9. The zero-order valence-corrected chi connectivity index (χ0v) is 19.7. The largest absolute Gasteiger partial charge is 0.493 e. The summed E-state index contributed by atoms with van der Waals surface area (Å²) in [7, 11) is 1.96. The van der Waals surface area contributed by atoms with Gasteiger partial charge in [-0.1, -0.05) is 56.3 Å². The monoisotopic (exact) mass is 434 g/mol. The Balaban J connectivity index is 1.68. The molecule has 0 amide bonds. The molecule has 1 unspecified atom stereocenters. The van der Waals surface area contributed by atoms with Gasteiger partial charge in [-0.05, 0) is 43.0 Å². The highest BCUT2D eigenvalue weighted by molar-refractivity contribution is 5.80. The van der Waals surface area contributed by atoms with Crippen molar-refractivity contribution >= 4 is 5.96 Å². The van der Waals surface area contributed by atoms with Crippen molar-refractivity contribution in [3.05, 3.63) is 77.4 Å². The molecule has 1 heterocycles. The molecular formula is C25H34N6O. The minimum absolute atomic E-state index is 0.0670. The van der Waals surface area contributed by atoms with Crippen LogP contribution in [0.2, 0.25) is 0 Å². The summed E-state index contributed by atoms with van der Waals surface area (Å²) in [6.45, 7) is 10.2. The maximum atomic E-state index is 5.80. The molecule has 0 aliphatic carbocycles. The van der Waals surface area contributed by atoms with Crippen molar-refractivity contribution in [3.8, 4) is 5.75 Å². The van der Waals surface area contributed by atoms with Gasteiger partial charge >= 0.3 is 0 Å². The Labute approximate surface area is 190 Å². The van der Waals surface area contributed by atoms with E-state index < -0.39 is 0 Å². The average molecular weight is 435 g/mol. The normalized spacial score (nSPS) is 12.6. The Kier molecular flexibility index (Phi) is 8.25. The molecule has 0 spiro atoms. The number of aliphatic imine (C=N–C) groups is 1. The number of hydrogen-bond donors (Lipinski definition) is 2. The highest BCUT2D eigenvalue weighted by Gasteiger charge is 2.11. The van der Waals surface area contributed by atoms with Gasteiger partial charge in [-0.3, -0.25) is 0 Å². The molecule has 0 bridgehead atoms. The maximum Gasteiger partial charge on any atom is 0.192 e. The summed E-state index contributed by atoms with van der Waals surface area (Å²) in [5.41, 5.74) is 2.31. The zero-order valence-electron chi connectivity index (χ0n) is 19.7. The lowest BCUT2D eigenvalue weighted by Gasteiger charge is -2.19. The topological polar surface area (TPSA) is 76.4 Å². The highest BCUT2D eigenvalue weighted by Crippen LogP contribution is 2.18. The molecule has 1 aromatic heterocycles. The van der Waals surface area contributed by atoms with E-state index in [1.165, 1.54) is 0 Å².